The van der Waals surface area contributed by atoms with Gasteiger partial charge in [0.2, 0.25) is 5.56 Å². The van der Waals surface area contributed by atoms with Crippen LogP contribution in [0.5, 0.6) is 0 Å². The largest absolute Gasteiger partial charge is 0.416 e. The SMILES string of the molecule is C[C@@H](NC(=O)c1ccc(=O)[nH]c1)c1cc(N)cc(C(F)(F)F)c1. The number of pyridine rings is 1. The van der Waals surface area contributed by atoms with E-state index in [0.717, 1.165) is 12.1 Å². The van der Waals surface area contributed by atoms with E-state index < -0.39 is 23.7 Å². The van der Waals surface area contributed by atoms with Gasteiger partial charge in [-0.25, -0.2) is 0 Å². The lowest BCUT2D eigenvalue weighted by Crippen LogP contribution is -2.27. The first-order valence-electron chi connectivity index (χ1n) is 6.64. The second-order valence-corrected chi connectivity index (χ2v) is 5.02. The molecule has 1 aromatic carbocycles. The van der Waals surface area contributed by atoms with Crippen LogP contribution in [0, 0.1) is 0 Å². The molecule has 5 nitrogen and oxygen atoms in total. The average Bonchev–Trinajstić information content (AvgIpc) is 2.46. The number of nitrogens with two attached hydrogens (primary N) is 1. The van der Waals surface area contributed by atoms with Crippen LogP contribution in [0.15, 0.2) is 41.3 Å². The molecule has 1 aromatic heterocycles. The maximum absolute atomic E-state index is 12.8. The molecule has 0 aliphatic heterocycles. The third-order valence-electron chi connectivity index (χ3n) is 3.20. The smallest absolute Gasteiger partial charge is 0.399 e. The Bertz CT molecular complexity index is 764. The molecule has 0 aliphatic rings. The molecule has 0 unspecified atom stereocenters. The van der Waals surface area contributed by atoms with E-state index in [-0.39, 0.29) is 22.4 Å². The third kappa shape index (κ3) is 4.12. The number of carbonyl (C=O) groups is 1. The van der Waals surface area contributed by atoms with Crippen molar-refractivity contribution in [2.45, 2.75) is 19.1 Å². The lowest BCUT2D eigenvalue weighted by atomic mass is 10.0. The summed E-state index contributed by atoms with van der Waals surface area (Å²) in [6.07, 6.45) is -3.29. The second-order valence-electron chi connectivity index (χ2n) is 5.02. The minimum absolute atomic E-state index is 0.0417. The molecule has 23 heavy (non-hydrogen) atoms. The Kier molecular flexibility index (Phi) is 4.44. The van der Waals surface area contributed by atoms with Crippen molar-refractivity contribution < 1.29 is 18.0 Å². The Morgan fingerprint density at radius 3 is 2.52 bits per heavy atom. The number of aromatic amines is 1. The zero-order valence-corrected chi connectivity index (χ0v) is 12.1. The lowest BCUT2D eigenvalue weighted by molar-refractivity contribution is -0.137. The number of hydrogen-bond acceptors (Lipinski definition) is 3. The van der Waals surface area contributed by atoms with Crippen LogP contribution in [-0.4, -0.2) is 10.9 Å². The van der Waals surface area contributed by atoms with Crippen molar-refractivity contribution in [2.75, 3.05) is 5.73 Å². The van der Waals surface area contributed by atoms with Gasteiger partial charge in [0, 0.05) is 18.0 Å². The summed E-state index contributed by atoms with van der Waals surface area (Å²) in [6, 6.07) is 4.95. The summed E-state index contributed by atoms with van der Waals surface area (Å²) in [4.78, 5) is 25.3. The minimum Gasteiger partial charge on any atom is -0.399 e. The molecule has 0 saturated heterocycles. The number of aromatic nitrogens is 1. The quantitative estimate of drug-likeness (QED) is 0.758. The van der Waals surface area contributed by atoms with Crippen molar-refractivity contribution in [3.05, 3.63) is 63.6 Å². The van der Waals surface area contributed by atoms with Crippen LogP contribution in [0.3, 0.4) is 0 Å². The summed E-state index contributed by atoms with van der Waals surface area (Å²) in [5.74, 6) is -0.523. The van der Waals surface area contributed by atoms with Gasteiger partial charge in [0.25, 0.3) is 5.91 Å². The molecule has 2 rings (SSSR count). The fourth-order valence-electron chi connectivity index (χ4n) is 2.01. The number of amides is 1. The Balaban J connectivity index is 2.22. The number of rotatable bonds is 3. The molecule has 122 valence electrons. The van der Waals surface area contributed by atoms with Gasteiger partial charge in [0.05, 0.1) is 17.2 Å². The lowest BCUT2D eigenvalue weighted by Gasteiger charge is -2.17. The van der Waals surface area contributed by atoms with Crippen molar-refractivity contribution in [1.29, 1.82) is 0 Å². The van der Waals surface area contributed by atoms with Crippen LogP contribution in [-0.2, 0) is 6.18 Å². The molecular formula is C15H14F3N3O2. The minimum atomic E-state index is -4.52. The van der Waals surface area contributed by atoms with E-state index in [0.29, 0.717) is 0 Å². The number of alkyl halides is 3. The number of carbonyl (C=O) groups excluding carboxylic acids is 1. The second kappa shape index (κ2) is 6.15. The summed E-state index contributed by atoms with van der Waals surface area (Å²) in [7, 11) is 0. The molecule has 2 aromatic rings. The average molecular weight is 325 g/mol. The van der Waals surface area contributed by atoms with E-state index in [1.807, 2.05) is 0 Å². The molecule has 1 atom stereocenters. The van der Waals surface area contributed by atoms with Crippen molar-refractivity contribution >= 4 is 11.6 Å². The summed E-state index contributed by atoms with van der Waals surface area (Å²) in [6.45, 7) is 1.54. The van der Waals surface area contributed by atoms with E-state index in [1.54, 1.807) is 6.92 Å². The molecular weight excluding hydrogens is 311 g/mol. The fourth-order valence-corrected chi connectivity index (χ4v) is 2.01. The Labute approximate surface area is 129 Å². The molecule has 1 heterocycles. The molecule has 0 saturated carbocycles. The van der Waals surface area contributed by atoms with Crippen LogP contribution in [0.2, 0.25) is 0 Å². The molecule has 0 spiro atoms. The van der Waals surface area contributed by atoms with Crippen LogP contribution < -0.4 is 16.6 Å². The van der Waals surface area contributed by atoms with E-state index in [1.165, 1.54) is 24.4 Å². The Morgan fingerprint density at radius 2 is 1.96 bits per heavy atom. The van der Waals surface area contributed by atoms with Gasteiger partial charge in [0.15, 0.2) is 0 Å². The zero-order valence-electron chi connectivity index (χ0n) is 12.1. The summed E-state index contributed by atoms with van der Waals surface area (Å²) in [5.41, 5.74) is 4.64. The van der Waals surface area contributed by atoms with Crippen LogP contribution in [0.1, 0.15) is 34.5 Å². The maximum Gasteiger partial charge on any atom is 0.416 e. The van der Waals surface area contributed by atoms with Crippen molar-refractivity contribution in [2.24, 2.45) is 0 Å². The number of nitrogens with one attached hydrogen (secondary N) is 2. The highest BCUT2D eigenvalue weighted by atomic mass is 19.4. The molecule has 8 heteroatoms. The summed E-state index contributed by atoms with van der Waals surface area (Å²) in [5, 5.41) is 2.55. The van der Waals surface area contributed by atoms with Crippen molar-refractivity contribution in [3.63, 3.8) is 0 Å². The Morgan fingerprint density at radius 1 is 1.26 bits per heavy atom. The van der Waals surface area contributed by atoms with Gasteiger partial charge in [-0.1, -0.05) is 0 Å². The standard InChI is InChI=1S/C15H14F3N3O2/c1-8(21-14(23)9-2-3-13(22)20-7-9)10-4-11(15(16,17)18)6-12(19)5-10/h2-8H,19H2,1H3,(H,20,22)(H,21,23)/t8-/m1/s1. The third-order valence-corrected chi connectivity index (χ3v) is 3.20. The summed E-state index contributed by atoms with van der Waals surface area (Å²) >= 11 is 0. The van der Waals surface area contributed by atoms with E-state index in [4.69, 9.17) is 5.73 Å². The molecule has 0 aliphatic carbocycles. The molecule has 0 bridgehead atoms. The molecule has 0 radical (unpaired) electrons. The first-order chi connectivity index (χ1) is 10.7. The fraction of sp³-hybridized carbons (Fsp3) is 0.200. The van der Waals surface area contributed by atoms with Gasteiger partial charge >= 0.3 is 6.18 Å². The zero-order chi connectivity index (χ0) is 17.2. The molecule has 1 amide bonds. The van der Waals surface area contributed by atoms with Crippen molar-refractivity contribution in [1.82, 2.24) is 10.3 Å². The number of H-pyrrole nitrogens is 1. The first-order valence-corrected chi connectivity index (χ1v) is 6.64. The number of hydrogen-bond donors (Lipinski definition) is 3. The normalized spacial score (nSPS) is 12.7. The predicted molar refractivity (Wildman–Crippen MR) is 78.8 cm³/mol. The number of halogens is 3. The van der Waals surface area contributed by atoms with Gasteiger partial charge in [-0.15, -0.1) is 0 Å². The highest BCUT2D eigenvalue weighted by Gasteiger charge is 2.31. The molecule has 0 fully saturated rings. The number of nitrogen functional groups attached to an aromatic ring is 1. The van der Waals surface area contributed by atoms with Gasteiger partial charge < -0.3 is 16.0 Å². The monoisotopic (exact) mass is 325 g/mol. The van der Waals surface area contributed by atoms with Gasteiger partial charge in [-0.2, -0.15) is 13.2 Å². The van der Waals surface area contributed by atoms with Crippen molar-refractivity contribution in [3.8, 4) is 0 Å². The van der Waals surface area contributed by atoms with E-state index in [9.17, 15) is 22.8 Å². The van der Waals surface area contributed by atoms with Gasteiger partial charge in [-0.3, -0.25) is 9.59 Å². The van der Waals surface area contributed by atoms with Gasteiger partial charge in [0.1, 0.15) is 0 Å². The van der Waals surface area contributed by atoms with E-state index >= 15 is 0 Å². The Hall–Kier alpha value is -2.77. The van der Waals surface area contributed by atoms with Crippen LogP contribution in [0.25, 0.3) is 0 Å². The predicted octanol–water partition coefficient (Wildman–Crippen LogP) is 2.47. The maximum atomic E-state index is 12.8. The van der Waals surface area contributed by atoms with Crippen LogP contribution >= 0.6 is 0 Å². The van der Waals surface area contributed by atoms with Crippen LogP contribution in [0.4, 0.5) is 18.9 Å². The highest BCUT2D eigenvalue weighted by molar-refractivity contribution is 5.94. The van der Waals surface area contributed by atoms with Gasteiger partial charge in [-0.05, 0) is 36.8 Å². The number of benzene rings is 1. The van der Waals surface area contributed by atoms with E-state index in [2.05, 4.69) is 10.3 Å². The highest BCUT2D eigenvalue weighted by Crippen LogP contribution is 2.32. The number of anilines is 1. The first kappa shape index (κ1) is 16.6. The molecule has 4 N–H and O–H groups in total. The topological polar surface area (TPSA) is 88.0 Å². The summed E-state index contributed by atoms with van der Waals surface area (Å²) < 4.78 is 38.4.